The zero-order valence-corrected chi connectivity index (χ0v) is 15.8. The molecular weight excluding hydrogens is 368 g/mol. The van der Waals surface area contributed by atoms with Crippen molar-refractivity contribution in [2.45, 2.75) is 37.7 Å². The van der Waals surface area contributed by atoms with E-state index >= 15 is 0 Å². The number of rotatable bonds is 6. The van der Waals surface area contributed by atoms with E-state index in [1.807, 2.05) is 13.8 Å². The highest BCUT2D eigenvalue weighted by Gasteiger charge is 2.30. The van der Waals surface area contributed by atoms with E-state index in [-0.39, 0.29) is 35.7 Å². The zero-order valence-electron chi connectivity index (χ0n) is 15.0. The number of benzene rings is 2. The fourth-order valence-corrected chi connectivity index (χ4v) is 3.82. The molecule has 142 valence electrons. The number of para-hydroxylation sites is 2. The molecule has 1 aliphatic heterocycles. The first-order valence-electron chi connectivity index (χ1n) is 8.52. The second kappa shape index (κ2) is 7.40. The van der Waals surface area contributed by atoms with E-state index in [2.05, 4.69) is 4.72 Å². The third kappa shape index (κ3) is 4.11. The molecule has 7 nitrogen and oxygen atoms in total. The summed E-state index contributed by atoms with van der Waals surface area (Å²) in [6.45, 7) is 3.70. The summed E-state index contributed by atoms with van der Waals surface area (Å²) in [4.78, 5) is 24.7. The van der Waals surface area contributed by atoms with Gasteiger partial charge >= 0.3 is 0 Å². The van der Waals surface area contributed by atoms with Crippen LogP contribution in [0.2, 0.25) is 0 Å². The Bertz CT molecular complexity index is 952. The van der Waals surface area contributed by atoms with Crippen molar-refractivity contribution in [2.75, 3.05) is 9.62 Å². The number of carbonyl (C=O) groups is 2. The second-order valence-electron chi connectivity index (χ2n) is 6.39. The molecule has 2 aromatic carbocycles. The van der Waals surface area contributed by atoms with Crippen molar-refractivity contribution in [1.29, 1.82) is 0 Å². The van der Waals surface area contributed by atoms with Crippen LogP contribution in [0.4, 0.5) is 11.4 Å². The van der Waals surface area contributed by atoms with Crippen LogP contribution in [-0.4, -0.2) is 26.3 Å². The van der Waals surface area contributed by atoms with Crippen molar-refractivity contribution < 1.29 is 22.7 Å². The Kier molecular flexibility index (Phi) is 5.18. The smallest absolute Gasteiger partial charge is 0.262 e. The Morgan fingerprint density at radius 3 is 2.15 bits per heavy atom. The number of nitrogens with one attached hydrogen (secondary N) is 1. The van der Waals surface area contributed by atoms with Crippen molar-refractivity contribution in [3.8, 4) is 5.75 Å². The Labute approximate surface area is 158 Å². The summed E-state index contributed by atoms with van der Waals surface area (Å²) < 4.78 is 33.5. The summed E-state index contributed by atoms with van der Waals surface area (Å²) in [7, 11) is -3.86. The number of ether oxygens (including phenoxy) is 1. The van der Waals surface area contributed by atoms with Gasteiger partial charge in [-0.25, -0.2) is 8.42 Å². The van der Waals surface area contributed by atoms with Crippen molar-refractivity contribution in [3.63, 3.8) is 0 Å². The molecule has 1 saturated heterocycles. The molecule has 2 amide bonds. The number of hydrogen-bond acceptors (Lipinski definition) is 5. The van der Waals surface area contributed by atoms with Crippen molar-refractivity contribution >= 4 is 33.2 Å². The molecule has 1 N–H and O–H groups in total. The van der Waals surface area contributed by atoms with E-state index in [0.29, 0.717) is 17.1 Å². The number of imide groups is 1. The van der Waals surface area contributed by atoms with Crippen molar-refractivity contribution in [2.24, 2.45) is 0 Å². The van der Waals surface area contributed by atoms with Gasteiger partial charge in [-0.2, -0.15) is 0 Å². The standard InChI is InChI=1S/C19H20N2O5S/c1-13(2)26-17-6-4-3-5-16(17)20-27(24,25)15-9-7-14(8-10-15)21-18(22)11-12-19(21)23/h3-10,13,20H,11-12H2,1-2H3. The number of hydrogen-bond donors (Lipinski definition) is 1. The minimum atomic E-state index is -3.86. The van der Waals surface area contributed by atoms with Gasteiger partial charge in [0.25, 0.3) is 10.0 Å². The fraction of sp³-hybridized carbons (Fsp3) is 0.263. The fourth-order valence-electron chi connectivity index (χ4n) is 2.75. The summed E-state index contributed by atoms with van der Waals surface area (Å²) in [6.07, 6.45) is 0.241. The molecule has 0 aliphatic carbocycles. The number of amides is 2. The molecule has 0 aromatic heterocycles. The van der Waals surface area contributed by atoms with Gasteiger partial charge in [0.15, 0.2) is 0 Å². The van der Waals surface area contributed by atoms with E-state index in [1.54, 1.807) is 24.3 Å². The highest BCUT2D eigenvalue weighted by atomic mass is 32.2. The van der Waals surface area contributed by atoms with Crippen LogP contribution < -0.4 is 14.4 Å². The van der Waals surface area contributed by atoms with Crippen LogP contribution in [0.25, 0.3) is 0 Å². The van der Waals surface area contributed by atoms with Crippen LogP contribution in [0, 0.1) is 0 Å². The molecule has 0 spiro atoms. The highest BCUT2D eigenvalue weighted by molar-refractivity contribution is 7.92. The van der Waals surface area contributed by atoms with Crippen LogP contribution in [0.5, 0.6) is 5.75 Å². The number of nitrogens with zero attached hydrogens (tertiary/aromatic N) is 1. The van der Waals surface area contributed by atoms with Crippen LogP contribution in [0.3, 0.4) is 0 Å². The number of carbonyl (C=O) groups excluding carboxylic acids is 2. The van der Waals surface area contributed by atoms with Gasteiger partial charge in [-0.05, 0) is 50.2 Å². The molecule has 2 aromatic rings. The monoisotopic (exact) mass is 388 g/mol. The molecule has 0 radical (unpaired) electrons. The van der Waals surface area contributed by atoms with E-state index in [0.717, 1.165) is 4.90 Å². The van der Waals surface area contributed by atoms with Crippen molar-refractivity contribution in [3.05, 3.63) is 48.5 Å². The van der Waals surface area contributed by atoms with Crippen LogP contribution in [0.15, 0.2) is 53.4 Å². The molecule has 0 saturated carbocycles. The van der Waals surface area contributed by atoms with Gasteiger partial charge in [-0.1, -0.05) is 12.1 Å². The summed E-state index contributed by atoms with van der Waals surface area (Å²) in [5.74, 6) is -0.136. The molecule has 0 atom stereocenters. The highest BCUT2D eigenvalue weighted by Crippen LogP contribution is 2.29. The lowest BCUT2D eigenvalue weighted by molar-refractivity contribution is -0.121. The second-order valence-corrected chi connectivity index (χ2v) is 8.07. The van der Waals surface area contributed by atoms with Crippen LogP contribution >= 0.6 is 0 Å². The Hall–Kier alpha value is -2.87. The van der Waals surface area contributed by atoms with E-state index in [1.165, 1.54) is 24.3 Å². The average Bonchev–Trinajstić information content (AvgIpc) is 2.95. The Morgan fingerprint density at radius 2 is 1.56 bits per heavy atom. The predicted molar refractivity (Wildman–Crippen MR) is 101 cm³/mol. The molecule has 27 heavy (non-hydrogen) atoms. The van der Waals surface area contributed by atoms with Crippen LogP contribution in [-0.2, 0) is 19.6 Å². The first-order valence-corrected chi connectivity index (χ1v) is 10.0. The summed E-state index contributed by atoms with van der Waals surface area (Å²) >= 11 is 0. The normalized spacial score (nSPS) is 14.7. The minimum Gasteiger partial charge on any atom is -0.489 e. The molecule has 8 heteroatoms. The predicted octanol–water partition coefficient (Wildman–Crippen LogP) is 2.93. The third-order valence-corrected chi connectivity index (χ3v) is 5.33. The molecule has 1 aliphatic rings. The molecule has 1 fully saturated rings. The summed E-state index contributed by atoms with van der Waals surface area (Å²) in [5, 5.41) is 0. The van der Waals surface area contributed by atoms with Gasteiger partial charge in [-0.3, -0.25) is 19.2 Å². The molecular formula is C19H20N2O5S. The van der Waals surface area contributed by atoms with E-state index < -0.39 is 10.0 Å². The van der Waals surface area contributed by atoms with E-state index in [9.17, 15) is 18.0 Å². The first-order chi connectivity index (χ1) is 12.8. The minimum absolute atomic E-state index is 0.0182. The Morgan fingerprint density at radius 1 is 0.963 bits per heavy atom. The summed E-state index contributed by atoms with van der Waals surface area (Å²) in [5.41, 5.74) is 0.699. The Balaban J connectivity index is 1.84. The van der Waals surface area contributed by atoms with Crippen molar-refractivity contribution in [1.82, 2.24) is 0 Å². The SMILES string of the molecule is CC(C)Oc1ccccc1NS(=O)(=O)c1ccc(N2C(=O)CCC2=O)cc1. The lowest BCUT2D eigenvalue weighted by atomic mass is 10.3. The maximum absolute atomic E-state index is 12.7. The quantitative estimate of drug-likeness (QED) is 0.768. The van der Waals surface area contributed by atoms with Gasteiger partial charge in [-0.15, -0.1) is 0 Å². The third-order valence-electron chi connectivity index (χ3n) is 3.95. The zero-order chi connectivity index (χ0) is 19.6. The molecule has 0 unspecified atom stereocenters. The largest absolute Gasteiger partial charge is 0.489 e. The first kappa shape index (κ1) is 18.9. The van der Waals surface area contributed by atoms with E-state index in [4.69, 9.17) is 4.74 Å². The van der Waals surface area contributed by atoms with Crippen LogP contribution in [0.1, 0.15) is 26.7 Å². The maximum Gasteiger partial charge on any atom is 0.262 e. The topological polar surface area (TPSA) is 92.8 Å². The van der Waals surface area contributed by atoms with Gasteiger partial charge < -0.3 is 4.74 Å². The summed E-state index contributed by atoms with van der Waals surface area (Å²) in [6, 6.07) is 12.4. The molecule has 0 bridgehead atoms. The maximum atomic E-state index is 12.7. The number of sulfonamides is 1. The average molecular weight is 388 g/mol. The van der Waals surface area contributed by atoms with Gasteiger partial charge in [0, 0.05) is 12.8 Å². The lowest BCUT2D eigenvalue weighted by Gasteiger charge is -2.16. The number of anilines is 2. The molecule has 3 rings (SSSR count). The van der Waals surface area contributed by atoms with Gasteiger partial charge in [0.05, 0.1) is 22.4 Å². The van der Waals surface area contributed by atoms with Gasteiger partial charge in [0.2, 0.25) is 11.8 Å². The molecule has 1 heterocycles. The lowest BCUT2D eigenvalue weighted by Crippen LogP contribution is -2.28. The van der Waals surface area contributed by atoms with Gasteiger partial charge in [0.1, 0.15) is 5.75 Å².